The molecule has 0 saturated carbocycles. The molecule has 0 aromatic carbocycles. The molecular weight excluding hydrogens is 498 g/mol. The van der Waals surface area contributed by atoms with Crippen LogP contribution in [0.4, 0.5) is 17.6 Å². The molecule has 0 bridgehead atoms. The first-order chi connectivity index (χ1) is 14.2. The highest BCUT2D eigenvalue weighted by molar-refractivity contribution is 9.10. The van der Waals surface area contributed by atoms with Crippen molar-refractivity contribution < 1.29 is 26.8 Å². The second kappa shape index (κ2) is 9.21. The third-order valence-corrected chi connectivity index (χ3v) is 5.22. The van der Waals surface area contributed by atoms with Crippen molar-refractivity contribution in [2.75, 3.05) is 0 Å². The van der Waals surface area contributed by atoms with Gasteiger partial charge in [-0.15, -0.1) is 0 Å². The molecule has 0 fully saturated rings. The fraction of sp³-hybridized carbons (Fsp3) is 0.353. The van der Waals surface area contributed by atoms with E-state index in [-0.39, 0.29) is 18.1 Å². The Morgan fingerprint density at radius 1 is 1.27 bits per heavy atom. The van der Waals surface area contributed by atoms with E-state index >= 15 is 0 Å². The van der Waals surface area contributed by atoms with Crippen molar-refractivity contribution in [3.05, 3.63) is 56.4 Å². The first-order valence-electron chi connectivity index (χ1n) is 8.62. The van der Waals surface area contributed by atoms with Crippen molar-refractivity contribution in [1.29, 1.82) is 0 Å². The predicted molar refractivity (Wildman–Crippen MR) is 102 cm³/mol. The number of carbonyl (C=O) groups excluding carboxylic acids is 1. The number of hydrogen-bond acceptors (Lipinski definition) is 4. The van der Waals surface area contributed by atoms with Crippen LogP contribution in [0.15, 0.2) is 27.2 Å². The van der Waals surface area contributed by atoms with Crippen molar-refractivity contribution in [2.45, 2.75) is 39.4 Å². The number of aryl methyl sites for hydroxylation is 1. The fourth-order valence-corrected chi connectivity index (χ4v) is 3.50. The molecule has 13 heteroatoms. The van der Waals surface area contributed by atoms with Crippen molar-refractivity contribution >= 4 is 33.4 Å². The number of carbonyl (C=O) groups is 1. The average molecular weight is 513 g/mol. The molecule has 0 aliphatic rings. The van der Waals surface area contributed by atoms with Gasteiger partial charge in [-0.2, -0.15) is 10.2 Å². The molecule has 0 atom stereocenters. The summed E-state index contributed by atoms with van der Waals surface area (Å²) in [5.41, 5.74) is -1.02. The highest BCUT2D eigenvalue weighted by Gasteiger charge is 2.28. The van der Waals surface area contributed by atoms with Crippen LogP contribution >= 0.6 is 27.5 Å². The van der Waals surface area contributed by atoms with Gasteiger partial charge in [0.15, 0.2) is 5.76 Å². The van der Waals surface area contributed by atoms with Crippen molar-refractivity contribution in [3.63, 3.8) is 0 Å². The Hall–Kier alpha value is -2.34. The zero-order chi connectivity index (χ0) is 22.0. The molecule has 1 N–H and O–H groups in total. The first kappa shape index (κ1) is 22.3. The molecule has 0 saturated heterocycles. The molecular formula is C17H15BrClF4N5O2. The number of furan rings is 1. The summed E-state index contributed by atoms with van der Waals surface area (Å²) < 4.78 is 60.8. The normalized spacial score (nSPS) is 11.6. The number of alkyl halides is 4. The van der Waals surface area contributed by atoms with Crippen LogP contribution in [-0.2, 0) is 19.6 Å². The quantitative estimate of drug-likeness (QED) is 0.433. The van der Waals surface area contributed by atoms with Gasteiger partial charge in [0.25, 0.3) is 18.8 Å². The van der Waals surface area contributed by atoms with Crippen LogP contribution in [0.5, 0.6) is 0 Å². The SMILES string of the molecule is CCn1ncc(Br)c1CNC(=O)c1ccc(Cn2nc(C(F)F)c(Cl)c2C(F)F)o1. The Morgan fingerprint density at radius 2 is 2.00 bits per heavy atom. The lowest BCUT2D eigenvalue weighted by Crippen LogP contribution is -2.24. The zero-order valence-corrected chi connectivity index (χ0v) is 17.7. The number of rotatable bonds is 8. The van der Waals surface area contributed by atoms with E-state index in [1.807, 2.05) is 6.92 Å². The number of halogens is 6. The van der Waals surface area contributed by atoms with Crippen LogP contribution in [0.3, 0.4) is 0 Å². The van der Waals surface area contributed by atoms with Gasteiger partial charge in [-0.3, -0.25) is 14.2 Å². The number of nitrogens with one attached hydrogen (secondary N) is 1. The lowest BCUT2D eigenvalue weighted by Gasteiger charge is -2.07. The second-order valence-corrected chi connectivity index (χ2v) is 7.28. The van der Waals surface area contributed by atoms with E-state index in [9.17, 15) is 22.4 Å². The maximum atomic E-state index is 13.2. The van der Waals surface area contributed by atoms with E-state index < -0.39 is 41.7 Å². The Morgan fingerprint density at radius 3 is 2.63 bits per heavy atom. The lowest BCUT2D eigenvalue weighted by molar-refractivity contribution is 0.0919. The van der Waals surface area contributed by atoms with Crippen LogP contribution in [0.25, 0.3) is 0 Å². The molecule has 162 valence electrons. The number of hydrogen-bond donors (Lipinski definition) is 1. The van der Waals surface area contributed by atoms with Crippen molar-refractivity contribution in [1.82, 2.24) is 24.9 Å². The van der Waals surface area contributed by atoms with Gasteiger partial charge in [0.05, 0.1) is 34.5 Å². The van der Waals surface area contributed by atoms with Crippen LogP contribution < -0.4 is 5.32 Å². The number of aromatic nitrogens is 4. The van der Waals surface area contributed by atoms with Gasteiger partial charge in [-0.1, -0.05) is 11.6 Å². The molecule has 3 aromatic heterocycles. The molecule has 7 nitrogen and oxygen atoms in total. The van der Waals surface area contributed by atoms with E-state index in [2.05, 4.69) is 31.4 Å². The predicted octanol–water partition coefficient (Wildman–Crippen LogP) is 4.96. The van der Waals surface area contributed by atoms with Gasteiger partial charge in [0.2, 0.25) is 0 Å². The minimum atomic E-state index is -3.11. The summed E-state index contributed by atoms with van der Waals surface area (Å²) in [5, 5.41) is 9.47. The highest BCUT2D eigenvalue weighted by atomic mass is 79.9. The molecule has 0 spiro atoms. The van der Waals surface area contributed by atoms with Crippen molar-refractivity contribution in [2.24, 2.45) is 0 Å². The summed E-state index contributed by atoms with van der Waals surface area (Å²) >= 11 is 8.97. The highest BCUT2D eigenvalue weighted by Crippen LogP contribution is 2.35. The van der Waals surface area contributed by atoms with Gasteiger partial charge in [0, 0.05) is 6.54 Å². The molecule has 3 aromatic rings. The Bertz CT molecular complexity index is 1050. The van der Waals surface area contributed by atoms with E-state index in [4.69, 9.17) is 16.0 Å². The number of nitrogens with zero attached hydrogens (tertiary/aromatic N) is 4. The van der Waals surface area contributed by atoms with Crippen LogP contribution in [0.1, 0.15) is 53.2 Å². The smallest absolute Gasteiger partial charge is 0.287 e. The molecule has 3 rings (SSSR count). The van der Waals surface area contributed by atoms with Crippen LogP contribution in [-0.4, -0.2) is 25.5 Å². The van der Waals surface area contributed by atoms with Gasteiger partial charge in [0.1, 0.15) is 17.1 Å². The molecule has 0 unspecified atom stereocenters. The van der Waals surface area contributed by atoms with Gasteiger partial charge >= 0.3 is 0 Å². The molecule has 0 aliphatic carbocycles. The maximum absolute atomic E-state index is 13.2. The maximum Gasteiger partial charge on any atom is 0.287 e. The molecule has 1 amide bonds. The average Bonchev–Trinajstić information content (AvgIpc) is 3.37. The summed E-state index contributed by atoms with van der Waals surface area (Å²) in [6.07, 6.45) is -4.61. The van der Waals surface area contributed by atoms with E-state index in [1.165, 1.54) is 12.1 Å². The third-order valence-electron chi connectivity index (χ3n) is 4.17. The van der Waals surface area contributed by atoms with E-state index in [0.29, 0.717) is 11.2 Å². The Balaban J connectivity index is 1.73. The summed E-state index contributed by atoms with van der Waals surface area (Å²) in [7, 11) is 0. The summed E-state index contributed by atoms with van der Waals surface area (Å²) in [5.74, 6) is -0.547. The van der Waals surface area contributed by atoms with Crippen LogP contribution in [0, 0.1) is 0 Å². The summed E-state index contributed by atoms with van der Waals surface area (Å²) in [6.45, 7) is 2.29. The van der Waals surface area contributed by atoms with Gasteiger partial charge < -0.3 is 9.73 Å². The standard InChI is InChI=1S/C17H15BrClF4N5O2/c1-2-27-10(9(18)5-25-27)6-24-17(29)11-4-3-8(30-11)7-28-14(16(22)23)12(19)13(26-28)15(20)21/h3-5,15-16H,2,6-7H2,1H3,(H,24,29). The monoisotopic (exact) mass is 511 g/mol. The molecule has 0 radical (unpaired) electrons. The lowest BCUT2D eigenvalue weighted by atomic mass is 10.3. The third kappa shape index (κ3) is 4.53. The van der Waals surface area contributed by atoms with E-state index in [0.717, 1.165) is 10.2 Å². The minimum absolute atomic E-state index is 0.0711. The summed E-state index contributed by atoms with van der Waals surface area (Å²) in [6, 6.07) is 2.71. The second-order valence-electron chi connectivity index (χ2n) is 6.05. The first-order valence-corrected chi connectivity index (χ1v) is 9.79. The van der Waals surface area contributed by atoms with Crippen LogP contribution in [0.2, 0.25) is 5.02 Å². The zero-order valence-electron chi connectivity index (χ0n) is 15.4. The van der Waals surface area contributed by atoms with Gasteiger partial charge in [-0.05, 0) is 35.0 Å². The minimum Gasteiger partial charge on any atom is -0.454 e. The molecule has 3 heterocycles. The van der Waals surface area contributed by atoms with Gasteiger partial charge in [-0.25, -0.2) is 17.6 Å². The number of amides is 1. The summed E-state index contributed by atoms with van der Waals surface area (Å²) in [4.78, 5) is 12.3. The van der Waals surface area contributed by atoms with Crippen molar-refractivity contribution in [3.8, 4) is 0 Å². The fourth-order valence-electron chi connectivity index (χ4n) is 2.76. The molecule has 30 heavy (non-hydrogen) atoms. The Kier molecular flexibility index (Phi) is 6.86. The van der Waals surface area contributed by atoms with E-state index in [1.54, 1.807) is 10.9 Å². The largest absolute Gasteiger partial charge is 0.454 e. The Labute approximate surface area is 181 Å². The molecule has 0 aliphatic heterocycles. The topological polar surface area (TPSA) is 77.9 Å².